The van der Waals surface area contributed by atoms with Gasteiger partial charge in [0.15, 0.2) is 5.96 Å². The molecule has 1 rings (SSSR count). The summed E-state index contributed by atoms with van der Waals surface area (Å²) in [5.41, 5.74) is 0. The van der Waals surface area contributed by atoms with Gasteiger partial charge in [0.2, 0.25) is 0 Å². The minimum atomic E-state index is 0. The zero-order valence-corrected chi connectivity index (χ0v) is 17.6. The SMILES string of the molecule is CCCCOCCCNC(=NCC1CCN(C)CC1)NCC.I. The lowest BCUT2D eigenvalue weighted by Crippen LogP contribution is -2.39. The first-order chi connectivity index (χ1) is 10.8. The van der Waals surface area contributed by atoms with Crippen molar-refractivity contribution in [2.24, 2.45) is 10.9 Å². The molecule has 0 aromatic rings. The molecule has 0 aromatic carbocycles. The summed E-state index contributed by atoms with van der Waals surface area (Å²) in [5.74, 6) is 1.69. The van der Waals surface area contributed by atoms with Crippen LogP contribution >= 0.6 is 24.0 Å². The van der Waals surface area contributed by atoms with Crippen LogP contribution in [0.25, 0.3) is 0 Å². The van der Waals surface area contributed by atoms with Gasteiger partial charge in [-0.1, -0.05) is 13.3 Å². The Morgan fingerprint density at radius 2 is 1.83 bits per heavy atom. The Hall–Kier alpha value is -0.0800. The van der Waals surface area contributed by atoms with E-state index in [1.807, 2.05) is 0 Å². The van der Waals surface area contributed by atoms with Crippen LogP contribution in [-0.2, 0) is 4.74 Å². The molecule has 1 heterocycles. The van der Waals surface area contributed by atoms with E-state index in [0.29, 0.717) is 0 Å². The largest absolute Gasteiger partial charge is 0.381 e. The molecule has 2 N–H and O–H groups in total. The van der Waals surface area contributed by atoms with E-state index in [2.05, 4.69) is 36.4 Å². The predicted molar refractivity (Wildman–Crippen MR) is 110 cm³/mol. The molecule has 0 aliphatic carbocycles. The number of hydrogen-bond donors (Lipinski definition) is 2. The molecule has 0 saturated carbocycles. The number of piperidine rings is 1. The van der Waals surface area contributed by atoms with Crippen molar-refractivity contribution in [3.8, 4) is 0 Å². The molecule has 6 heteroatoms. The predicted octanol–water partition coefficient (Wildman–Crippen LogP) is 2.71. The summed E-state index contributed by atoms with van der Waals surface area (Å²) in [7, 11) is 2.20. The van der Waals surface area contributed by atoms with Gasteiger partial charge in [0, 0.05) is 32.8 Å². The molecule has 1 aliphatic heterocycles. The van der Waals surface area contributed by atoms with Crippen LogP contribution in [0.1, 0.15) is 46.0 Å². The highest BCUT2D eigenvalue weighted by molar-refractivity contribution is 14.0. The second-order valence-corrected chi connectivity index (χ2v) is 6.21. The third kappa shape index (κ3) is 12.0. The highest BCUT2D eigenvalue weighted by atomic mass is 127. The number of nitrogens with one attached hydrogen (secondary N) is 2. The van der Waals surface area contributed by atoms with Crippen LogP contribution in [0.5, 0.6) is 0 Å². The summed E-state index contributed by atoms with van der Waals surface area (Å²) in [5, 5.41) is 6.74. The molecule has 1 saturated heterocycles. The minimum Gasteiger partial charge on any atom is -0.381 e. The monoisotopic (exact) mass is 440 g/mol. The fraction of sp³-hybridized carbons (Fsp3) is 0.941. The number of rotatable bonds is 10. The average molecular weight is 440 g/mol. The van der Waals surface area contributed by atoms with Gasteiger partial charge in [-0.05, 0) is 58.7 Å². The summed E-state index contributed by atoms with van der Waals surface area (Å²) in [6.45, 7) is 11.2. The van der Waals surface area contributed by atoms with Gasteiger partial charge in [-0.25, -0.2) is 0 Å². The number of guanidine groups is 1. The quantitative estimate of drug-likeness (QED) is 0.237. The Morgan fingerprint density at radius 1 is 1.13 bits per heavy atom. The second kappa shape index (κ2) is 15.4. The lowest BCUT2D eigenvalue weighted by Gasteiger charge is -2.28. The molecule has 0 unspecified atom stereocenters. The van der Waals surface area contributed by atoms with Crippen LogP contribution in [0.3, 0.4) is 0 Å². The van der Waals surface area contributed by atoms with E-state index in [1.165, 1.54) is 32.4 Å². The normalized spacial score (nSPS) is 16.9. The Labute approximate surface area is 160 Å². The average Bonchev–Trinajstić information content (AvgIpc) is 2.53. The fourth-order valence-corrected chi connectivity index (χ4v) is 2.54. The molecule has 138 valence electrons. The van der Waals surface area contributed by atoms with Gasteiger partial charge < -0.3 is 20.3 Å². The summed E-state index contributed by atoms with van der Waals surface area (Å²) in [4.78, 5) is 7.15. The molecule has 0 amide bonds. The maximum atomic E-state index is 5.58. The van der Waals surface area contributed by atoms with Crippen LogP contribution in [0.2, 0.25) is 0 Å². The smallest absolute Gasteiger partial charge is 0.191 e. The van der Waals surface area contributed by atoms with Crippen LogP contribution in [-0.4, -0.2) is 63.8 Å². The summed E-state index contributed by atoms with van der Waals surface area (Å²) in [6, 6.07) is 0. The first kappa shape index (κ1) is 22.9. The molecule has 23 heavy (non-hydrogen) atoms. The summed E-state index contributed by atoms with van der Waals surface area (Å²) >= 11 is 0. The van der Waals surface area contributed by atoms with Crippen molar-refractivity contribution in [1.82, 2.24) is 15.5 Å². The van der Waals surface area contributed by atoms with Crippen molar-refractivity contribution >= 4 is 29.9 Å². The summed E-state index contributed by atoms with van der Waals surface area (Å²) < 4.78 is 5.58. The van der Waals surface area contributed by atoms with Gasteiger partial charge in [-0.3, -0.25) is 4.99 Å². The van der Waals surface area contributed by atoms with Crippen molar-refractivity contribution in [1.29, 1.82) is 0 Å². The molecule has 0 spiro atoms. The summed E-state index contributed by atoms with van der Waals surface area (Å²) in [6.07, 6.45) is 5.93. The van der Waals surface area contributed by atoms with Gasteiger partial charge in [0.25, 0.3) is 0 Å². The first-order valence-corrected chi connectivity index (χ1v) is 9.04. The Balaban J connectivity index is 0.00000484. The van der Waals surface area contributed by atoms with Crippen LogP contribution in [0.15, 0.2) is 4.99 Å². The minimum absolute atomic E-state index is 0. The number of nitrogens with zero attached hydrogens (tertiary/aromatic N) is 2. The van der Waals surface area contributed by atoms with Gasteiger partial charge in [0.1, 0.15) is 0 Å². The molecule has 0 bridgehead atoms. The van der Waals surface area contributed by atoms with E-state index >= 15 is 0 Å². The van der Waals surface area contributed by atoms with E-state index in [1.54, 1.807) is 0 Å². The zero-order valence-electron chi connectivity index (χ0n) is 15.3. The van der Waals surface area contributed by atoms with Crippen molar-refractivity contribution in [3.63, 3.8) is 0 Å². The Kier molecular flexibility index (Phi) is 15.4. The highest BCUT2D eigenvalue weighted by Crippen LogP contribution is 2.15. The van der Waals surface area contributed by atoms with Crippen LogP contribution in [0.4, 0.5) is 0 Å². The standard InChI is InChI=1S/C17H36N4O.HI/c1-4-6-13-22-14-7-10-19-17(18-5-2)20-15-16-8-11-21(3)12-9-16;/h16H,4-15H2,1-3H3,(H2,18,19,20);1H. The topological polar surface area (TPSA) is 48.9 Å². The van der Waals surface area contributed by atoms with E-state index in [4.69, 9.17) is 9.73 Å². The molecular weight excluding hydrogens is 403 g/mol. The first-order valence-electron chi connectivity index (χ1n) is 9.04. The lowest BCUT2D eigenvalue weighted by atomic mass is 9.97. The van der Waals surface area contributed by atoms with Crippen LogP contribution < -0.4 is 10.6 Å². The molecule has 0 radical (unpaired) electrons. The number of unbranched alkanes of at least 4 members (excludes halogenated alkanes) is 1. The maximum absolute atomic E-state index is 5.58. The molecule has 1 aliphatic rings. The van der Waals surface area contributed by atoms with E-state index < -0.39 is 0 Å². The van der Waals surface area contributed by atoms with Gasteiger partial charge >= 0.3 is 0 Å². The second-order valence-electron chi connectivity index (χ2n) is 6.21. The zero-order chi connectivity index (χ0) is 16.0. The lowest BCUT2D eigenvalue weighted by molar-refractivity contribution is 0.129. The van der Waals surface area contributed by atoms with Crippen molar-refractivity contribution < 1.29 is 4.74 Å². The van der Waals surface area contributed by atoms with E-state index in [0.717, 1.165) is 57.6 Å². The van der Waals surface area contributed by atoms with Gasteiger partial charge in [0.05, 0.1) is 0 Å². The third-order valence-electron chi connectivity index (χ3n) is 4.09. The number of likely N-dealkylation sites (tertiary alicyclic amines) is 1. The van der Waals surface area contributed by atoms with Crippen LogP contribution in [0, 0.1) is 5.92 Å². The number of hydrogen-bond acceptors (Lipinski definition) is 3. The highest BCUT2D eigenvalue weighted by Gasteiger charge is 2.16. The number of ether oxygens (including phenoxy) is 1. The number of aliphatic imine (C=N–C) groups is 1. The Morgan fingerprint density at radius 3 is 2.48 bits per heavy atom. The van der Waals surface area contributed by atoms with Gasteiger partial charge in [-0.2, -0.15) is 0 Å². The van der Waals surface area contributed by atoms with Crippen molar-refractivity contribution in [2.45, 2.75) is 46.0 Å². The van der Waals surface area contributed by atoms with Crippen molar-refractivity contribution in [2.75, 3.05) is 53.0 Å². The van der Waals surface area contributed by atoms with Crippen molar-refractivity contribution in [3.05, 3.63) is 0 Å². The molecule has 0 atom stereocenters. The molecule has 1 fully saturated rings. The third-order valence-corrected chi connectivity index (χ3v) is 4.09. The number of halogens is 1. The molecule has 0 aromatic heterocycles. The molecular formula is C17H37IN4O. The fourth-order valence-electron chi connectivity index (χ4n) is 2.54. The van der Waals surface area contributed by atoms with E-state index in [9.17, 15) is 0 Å². The van der Waals surface area contributed by atoms with Gasteiger partial charge in [-0.15, -0.1) is 24.0 Å². The van der Waals surface area contributed by atoms with E-state index in [-0.39, 0.29) is 24.0 Å². The Bertz CT molecular complexity index is 294. The molecule has 5 nitrogen and oxygen atoms in total. The maximum Gasteiger partial charge on any atom is 0.191 e.